The first kappa shape index (κ1) is 9.64. The fourth-order valence-corrected chi connectivity index (χ4v) is 1.52. The van der Waals surface area contributed by atoms with Crippen LogP contribution in [0.25, 0.3) is 6.08 Å². The van der Waals surface area contributed by atoms with Crippen molar-refractivity contribution in [2.45, 2.75) is 13.3 Å². The van der Waals surface area contributed by atoms with Gasteiger partial charge in [-0.15, -0.1) is 0 Å². The summed E-state index contributed by atoms with van der Waals surface area (Å²) in [6.07, 6.45) is 5.53. The van der Waals surface area contributed by atoms with Crippen molar-refractivity contribution < 1.29 is 0 Å². The van der Waals surface area contributed by atoms with Crippen molar-refractivity contribution in [3.8, 4) is 0 Å². The van der Waals surface area contributed by atoms with E-state index in [4.69, 9.17) is 0 Å². The van der Waals surface area contributed by atoms with E-state index in [9.17, 15) is 0 Å². The molecule has 1 aliphatic rings. The Morgan fingerprint density at radius 3 is 2.58 bits per heavy atom. The fraction of sp³-hybridized carbons (Fsp3) is 0.182. The second kappa shape index (κ2) is 3.98. The first-order valence-corrected chi connectivity index (χ1v) is 4.05. The summed E-state index contributed by atoms with van der Waals surface area (Å²) in [5.74, 6) is 1.46. The van der Waals surface area contributed by atoms with Crippen molar-refractivity contribution in [2.24, 2.45) is 0 Å². The Labute approximate surface area is 85.9 Å². The average Bonchev–Trinajstić information content (AvgIpc) is 2.47. The zero-order valence-corrected chi connectivity index (χ0v) is 6.67. The molecule has 0 nitrogen and oxygen atoms in total. The van der Waals surface area contributed by atoms with Gasteiger partial charge in [-0.3, -0.25) is 0 Å². The normalized spacial score (nSPS) is 14.1. The topological polar surface area (TPSA) is 0 Å². The molecule has 0 fully saturated rings. The van der Waals surface area contributed by atoms with Gasteiger partial charge < -0.3 is 0 Å². The third kappa shape index (κ3) is 1.51. The van der Waals surface area contributed by atoms with Crippen molar-refractivity contribution in [3.05, 3.63) is 47.4 Å². The Hall–Kier alpha value is -0.443. The molecule has 1 aromatic rings. The molecule has 0 aliphatic heterocycles. The van der Waals surface area contributed by atoms with Gasteiger partial charge in [0.15, 0.2) is 0 Å². The molecule has 2 rings (SSSR count). The summed E-state index contributed by atoms with van der Waals surface area (Å²) in [7, 11) is 0. The van der Waals surface area contributed by atoms with Gasteiger partial charge in [0.1, 0.15) is 0 Å². The van der Waals surface area contributed by atoms with Crippen LogP contribution in [0, 0.1) is 5.92 Å². The monoisotopic (exact) mass is 151 g/mol. The van der Waals surface area contributed by atoms with Crippen LogP contribution in [0.15, 0.2) is 30.3 Å². The molecule has 0 atom stereocenters. The number of allylic oxidation sites excluding steroid dienone is 1. The summed E-state index contributed by atoms with van der Waals surface area (Å²) in [4.78, 5) is 0. The number of rotatable bonds is 1. The van der Waals surface area contributed by atoms with E-state index in [0.717, 1.165) is 6.42 Å². The first-order valence-electron chi connectivity index (χ1n) is 4.05. The van der Waals surface area contributed by atoms with Gasteiger partial charge in [0.05, 0.1) is 0 Å². The SMILES string of the molecule is CC[C]1C=Cc2ccccc21.[LiH]. The van der Waals surface area contributed by atoms with Crippen molar-refractivity contribution >= 4 is 24.9 Å². The van der Waals surface area contributed by atoms with Gasteiger partial charge in [0.2, 0.25) is 0 Å². The van der Waals surface area contributed by atoms with Crippen LogP contribution < -0.4 is 0 Å². The number of fused-ring (bicyclic) bond motifs is 1. The molecule has 0 saturated carbocycles. The summed E-state index contributed by atoms with van der Waals surface area (Å²) in [5, 5.41) is 0. The predicted molar refractivity (Wildman–Crippen MR) is 55.3 cm³/mol. The van der Waals surface area contributed by atoms with Crippen LogP contribution in [0.2, 0.25) is 0 Å². The Kier molecular flexibility index (Phi) is 3.20. The molecule has 0 aromatic heterocycles. The van der Waals surface area contributed by atoms with Crippen molar-refractivity contribution in [2.75, 3.05) is 0 Å². The number of hydrogen-bond donors (Lipinski definition) is 0. The third-order valence-electron chi connectivity index (χ3n) is 2.15. The van der Waals surface area contributed by atoms with Crippen molar-refractivity contribution in [1.82, 2.24) is 0 Å². The molecule has 57 valence electrons. The van der Waals surface area contributed by atoms with Crippen molar-refractivity contribution in [3.63, 3.8) is 0 Å². The van der Waals surface area contributed by atoms with Gasteiger partial charge >= 0.3 is 18.9 Å². The third-order valence-corrected chi connectivity index (χ3v) is 2.15. The zero-order chi connectivity index (χ0) is 7.68. The second-order valence-corrected chi connectivity index (χ2v) is 2.80. The quantitative estimate of drug-likeness (QED) is 0.540. The molecular formula is C11H12Li. The van der Waals surface area contributed by atoms with Crippen LogP contribution in [0.4, 0.5) is 0 Å². The van der Waals surface area contributed by atoms with Crippen LogP contribution >= 0.6 is 0 Å². The standard InChI is InChI=1S/C11H11.Li.H/c1-2-9-7-8-10-5-3-4-6-11(9)10;;/h3-8H,2H2,1H3;;. The first-order chi connectivity index (χ1) is 5.42. The number of hydrogen-bond acceptors (Lipinski definition) is 0. The van der Waals surface area contributed by atoms with E-state index in [2.05, 4.69) is 43.3 Å². The molecule has 1 heteroatoms. The minimum absolute atomic E-state index is 0. The maximum atomic E-state index is 2.21. The molecular weight excluding hydrogens is 139 g/mol. The Balaban J connectivity index is 0.000000720. The second-order valence-electron chi connectivity index (χ2n) is 2.80. The summed E-state index contributed by atoms with van der Waals surface area (Å²) in [6.45, 7) is 2.20. The van der Waals surface area contributed by atoms with Gasteiger partial charge in [-0.05, 0) is 17.5 Å². The summed E-state index contributed by atoms with van der Waals surface area (Å²) in [5.41, 5.74) is 2.78. The molecule has 12 heavy (non-hydrogen) atoms. The molecule has 0 unspecified atom stereocenters. The van der Waals surface area contributed by atoms with Gasteiger partial charge in [0.25, 0.3) is 0 Å². The number of benzene rings is 1. The van der Waals surface area contributed by atoms with E-state index in [0.29, 0.717) is 0 Å². The minimum atomic E-state index is 0. The molecule has 0 N–H and O–H groups in total. The molecule has 0 spiro atoms. The molecule has 0 saturated heterocycles. The van der Waals surface area contributed by atoms with Crippen LogP contribution in [0.5, 0.6) is 0 Å². The molecule has 1 aromatic carbocycles. The van der Waals surface area contributed by atoms with E-state index in [1.165, 1.54) is 17.0 Å². The molecule has 0 heterocycles. The Bertz CT molecular complexity index is 289. The maximum absolute atomic E-state index is 2.21. The molecule has 0 bridgehead atoms. The van der Waals surface area contributed by atoms with E-state index in [-0.39, 0.29) is 18.9 Å². The zero-order valence-electron chi connectivity index (χ0n) is 6.67. The van der Waals surface area contributed by atoms with Gasteiger partial charge in [-0.2, -0.15) is 0 Å². The summed E-state index contributed by atoms with van der Waals surface area (Å²) < 4.78 is 0. The van der Waals surface area contributed by atoms with Gasteiger partial charge in [-0.25, -0.2) is 0 Å². The van der Waals surface area contributed by atoms with E-state index in [1.54, 1.807) is 0 Å². The van der Waals surface area contributed by atoms with Crippen LogP contribution in [-0.4, -0.2) is 18.9 Å². The van der Waals surface area contributed by atoms with Crippen molar-refractivity contribution in [1.29, 1.82) is 0 Å². The fourth-order valence-electron chi connectivity index (χ4n) is 1.52. The van der Waals surface area contributed by atoms with E-state index >= 15 is 0 Å². The molecule has 0 amide bonds. The van der Waals surface area contributed by atoms with Gasteiger partial charge in [-0.1, -0.05) is 43.3 Å². The average molecular weight is 151 g/mol. The van der Waals surface area contributed by atoms with Crippen LogP contribution in [-0.2, 0) is 0 Å². The van der Waals surface area contributed by atoms with Gasteiger partial charge in [0, 0.05) is 5.92 Å². The Morgan fingerprint density at radius 1 is 1.08 bits per heavy atom. The molecule has 1 aliphatic carbocycles. The van der Waals surface area contributed by atoms with E-state index in [1.807, 2.05) is 0 Å². The Morgan fingerprint density at radius 2 is 1.83 bits per heavy atom. The summed E-state index contributed by atoms with van der Waals surface area (Å²) >= 11 is 0. The molecule has 1 radical (unpaired) electrons. The predicted octanol–water partition coefficient (Wildman–Crippen LogP) is 2.40. The van der Waals surface area contributed by atoms with Crippen LogP contribution in [0.1, 0.15) is 24.5 Å². The summed E-state index contributed by atoms with van der Waals surface area (Å²) in [6, 6.07) is 8.53. The van der Waals surface area contributed by atoms with Crippen LogP contribution in [0.3, 0.4) is 0 Å². The van der Waals surface area contributed by atoms with E-state index < -0.39 is 0 Å².